The standard InChI is InChI=1S/C22H26ClN3O3/c1-28-20-7-8-21(29-2)18(13-20)14-24-25-22(27)17-9-11-26(12-10-17)15-16-3-5-19(23)6-4-16/h3-8,13-14,17H,9-12,15H2,1-2H3,(H,25,27)/p+1/b24-14-. The molecule has 2 N–H and O–H groups in total. The molecular weight excluding hydrogens is 390 g/mol. The summed E-state index contributed by atoms with van der Waals surface area (Å²) in [5, 5.41) is 4.87. The van der Waals surface area contributed by atoms with Gasteiger partial charge in [0.2, 0.25) is 5.91 Å². The number of likely N-dealkylation sites (tertiary alicyclic amines) is 1. The van der Waals surface area contributed by atoms with Crippen LogP contribution >= 0.6 is 11.6 Å². The lowest BCUT2D eigenvalue weighted by Gasteiger charge is -2.28. The molecule has 0 spiro atoms. The summed E-state index contributed by atoms with van der Waals surface area (Å²) in [5.41, 5.74) is 4.68. The first kappa shape index (κ1) is 21.1. The summed E-state index contributed by atoms with van der Waals surface area (Å²) in [6.45, 7) is 2.89. The van der Waals surface area contributed by atoms with E-state index in [1.807, 2.05) is 24.3 Å². The zero-order valence-corrected chi connectivity index (χ0v) is 17.5. The van der Waals surface area contributed by atoms with E-state index in [1.54, 1.807) is 26.5 Å². The van der Waals surface area contributed by atoms with E-state index in [-0.39, 0.29) is 11.8 Å². The van der Waals surface area contributed by atoms with Crippen LogP contribution in [0.1, 0.15) is 24.0 Å². The number of rotatable bonds is 7. The van der Waals surface area contributed by atoms with Crippen LogP contribution in [0.15, 0.2) is 47.6 Å². The first-order chi connectivity index (χ1) is 14.1. The number of benzene rings is 2. The Morgan fingerprint density at radius 3 is 2.55 bits per heavy atom. The third-order valence-electron chi connectivity index (χ3n) is 5.25. The molecule has 1 amide bonds. The van der Waals surface area contributed by atoms with Crippen molar-refractivity contribution in [1.29, 1.82) is 0 Å². The minimum atomic E-state index is -0.0337. The molecule has 154 valence electrons. The molecule has 3 rings (SSSR count). The molecule has 1 saturated heterocycles. The number of quaternary nitrogens is 1. The van der Waals surface area contributed by atoms with Crippen LogP contribution in [0.25, 0.3) is 0 Å². The summed E-state index contributed by atoms with van der Waals surface area (Å²) in [4.78, 5) is 14.0. The van der Waals surface area contributed by atoms with Gasteiger partial charge in [-0.05, 0) is 30.3 Å². The number of nitrogens with zero attached hydrogens (tertiary/aromatic N) is 1. The maximum atomic E-state index is 12.5. The molecule has 1 heterocycles. The third kappa shape index (κ3) is 5.95. The fraction of sp³-hybridized carbons (Fsp3) is 0.364. The molecule has 0 unspecified atom stereocenters. The molecule has 1 aliphatic heterocycles. The molecule has 29 heavy (non-hydrogen) atoms. The molecule has 2 aromatic carbocycles. The second kappa shape index (κ2) is 10.3. The highest BCUT2D eigenvalue weighted by Crippen LogP contribution is 2.22. The van der Waals surface area contributed by atoms with E-state index in [2.05, 4.69) is 22.7 Å². The number of carbonyl (C=O) groups excluding carboxylic acids is 1. The van der Waals surface area contributed by atoms with Crippen molar-refractivity contribution in [3.8, 4) is 11.5 Å². The van der Waals surface area contributed by atoms with Crippen LogP contribution < -0.4 is 19.8 Å². The van der Waals surface area contributed by atoms with Gasteiger partial charge in [0.1, 0.15) is 18.0 Å². The number of hydrogen-bond donors (Lipinski definition) is 2. The molecule has 7 heteroatoms. The van der Waals surface area contributed by atoms with Gasteiger partial charge in [-0.15, -0.1) is 0 Å². The van der Waals surface area contributed by atoms with Crippen LogP contribution in [-0.4, -0.2) is 39.4 Å². The lowest BCUT2D eigenvalue weighted by atomic mass is 9.96. The van der Waals surface area contributed by atoms with Crippen LogP contribution in [0.4, 0.5) is 0 Å². The van der Waals surface area contributed by atoms with E-state index in [9.17, 15) is 4.79 Å². The largest absolute Gasteiger partial charge is 0.497 e. The molecule has 1 fully saturated rings. The number of carbonyl (C=O) groups is 1. The fourth-order valence-corrected chi connectivity index (χ4v) is 3.68. The summed E-state index contributed by atoms with van der Waals surface area (Å²) in [6, 6.07) is 13.4. The second-order valence-corrected chi connectivity index (χ2v) is 7.61. The Hall–Kier alpha value is -2.57. The third-order valence-corrected chi connectivity index (χ3v) is 5.50. The number of halogens is 1. The van der Waals surface area contributed by atoms with Gasteiger partial charge in [-0.2, -0.15) is 5.10 Å². The average Bonchev–Trinajstić information content (AvgIpc) is 2.75. The highest BCUT2D eigenvalue weighted by Gasteiger charge is 2.27. The van der Waals surface area contributed by atoms with Crippen LogP contribution in [0.5, 0.6) is 11.5 Å². The first-order valence-electron chi connectivity index (χ1n) is 9.72. The van der Waals surface area contributed by atoms with Crippen molar-refractivity contribution in [2.24, 2.45) is 11.0 Å². The van der Waals surface area contributed by atoms with E-state index < -0.39 is 0 Å². The molecular formula is C22H27ClN3O3+. The van der Waals surface area contributed by atoms with Gasteiger partial charge in [0.15, 0.2) is 0 Å². The molecule has 1 aliphatic rings. The first-order valence-corrected chi connectivity index (χ1v) is 10.1. The number of amides is 1. The van der Waals surface area contributed by atoms with Crippen molar-refractivity contribution in [2.75, 3.05) is 27.3 Å². The molecule has 0 aliphatic carbocycles. The zero-order chi connectivity index (χ0) is 20.6. The number of hydrogen-bond acceptors (Lipinski definition) is 4. The van der Waals surface area contributed by atoms with E-state index >= 15 is 0 Å². The Balaban J connectivity index is 1.48. The maximum Gasteiger partial charge on any atom is 0.243 e. The highest BCUT2D eigenvalue weighted by atomic mass is 35.5. The van der Waals surface area contributed by atoms with Crippen LogP contribution in [-0.2, 0) is 11.3 Å². The summed E-state index contributed by atoms with van der Waals surface area (Å²) in [6.07, 6.45) is 3.29. The Bertz CT molecular complexity index is 847. The smallest absolute Gasteiger partial charge is 0.243 e. The van der Waals surface area contributed by atoms with Crippen molar-refractivity contribution < 1.29 is 19.2 Å². The highest BCUT2D eigenvalue weighted by molar-refractivity contribution is 6.30. The molecule has 0 saturated carbocycles. The zero-order valence-electron chi connectivity index (χ0n) is 16.8. The van der Waals surface area contributed by atoms with Crippen LogP contribution in [0.3, 0.4) is 0 Å². The van der Waals surface area contributed by atoms with E-state index in [0.717, 1.165) is 43.1 Å². The van der Waals surface area contributed by atoms with Crippen molar-refractivity contribution >= 4 is 23.7 Å². The van der Waals surface area contributed by atoms with Crippen molar-refractivity contribution in [3.05, 3.63) is 58.6 Å². The fourth-order valence-electron chi connectivity index (χ4n) is 3.55. The monoisotopic (exact) mass is 416 g/mol. The van der Waals surface area contributed by atoms with Crippen molar-refractivity contribution in [2.45, 2.75) is 19.4 Å². The number of ether oxygens (including phenoxy) is 2. The topological polar surface area (TPSA) is 64.4 Å². The quantitative estimate of drug-likeness (QED) is 0.537. The lowest BCUT2D eigenvalue weighted by molar-refractivity contribution is -0.919. The van der Waals surface area contributed by atoms with Gasteiger partial charge in [0, 0.05) is 29.0 Å². The molecule has 6 nitrogen and oxygen atoms in total. The SMILES string of the molecule is COc1ccc(OC)c(/C=N\NC(=O)C2CC[NH+](Cc3ccc(Cl)cc3)CC2)c1. The number of hydrazone groups is 1. The second-order valence-electron chi connectivity index (χ2n) is 7.17. The molecule has 0 bridgehead atoms. The summed E-state index contributed by atoms with van der Waals surface area (Å²) < 4.78 is 10.5. The van der Waals surface area contributed by atoms with Gasteiger partial charge in [0.25, 0.3) is 0 Å². The Kier molecular flexibility index (Phi) is 7.49. The molecule has 0 atom stereocenters. The molecule has 0 radical (unpaired) electrons. The van der Waals surface area contributed by atoms with Gasteiger partial charge in [-0.3, -0.25) is 4.79 Å². The summed E-state index contributed by atoms with van der Waals surface area (Å²) in [7, 11) is 3.20. The van der Waals surface area contributed by atoms with Gasteiger partial charge < -0.3 is 14.4 Å². The van der Waals surface area contributed by atoms with Crippen LogP contribution in [0, 0.1) is 5.92 Å². The molecule has 2 aromatic rings. The minimum Gasteiger partial charge on any atom is -0.497 e. The van der Waals surface area contributed by atoms with Crippen molar-refractivity contribution in [3.63, 3.8) is 0 Å². The average molecular weight is 417 g/mol. The van der Waals surface area contributed by atoms with Crippen molar-refractivity contribution in [1.82, 2.24) is 5.43 Å². The predicted octanol–water partition coefficient (Wildman–Crippen LogP) is 2.30. The summed E-state index contributed by atoms with van der Waals surface area (Å²) in [5.74, 6) is 1.33. The van der Waals surface area contributed by atoms with Gasteiger partial charge >= 0.3 is 0 Å². The molecule has 0 aromatic heterocycles. The van der Waals surface area contributed by atoms with E-state index in [1.165, 1.54) is 10.5 Å². The lowest BCUT2D eigenvalue weighted by Crippen LogP contribution is -3.11. The minimum absolute atomic E-state index is 0.00618. The van der Waals surface area contributed by atoms with E-state index in [0.29, 0.717) is 11.5 Å². The summed E-state index contributed by atoms with van der Waals surface area (Å²) >= 11 is 5.95. The van der Waals surface area contributed by atoms with Gasteiger partial charge in [-0.1, -0.05) is 23.7 Å². The van der Waals surface area contributed by atoms with Gasteiger partial charge in [-0.25, -0.2) is 5.43 Å². The number of nitrogens with one attached hydrogen (secondary N) is 2. The Labute approximate surface area is 176 Å². The predicted molar refractivity (Wildman–Crippen MR) is 114 cm³/mol. The van der Waals surface area contributed by atoms with Crippen LogP contribution in [0.2, 0.25) is 5.02 Å². The van der Waals surface area contributed by atoms with Gasteiger partial charge in [0.05, 0.1) is 39.4 Å². The normalized spacial score (nSPS) is 19.1. The Morgan fingerprint density at radius 1 is 1.17 bits per heavy atom. The number of piperidine rings is 1. The number of methoxy groups -OCH3 is 2. The van der Waals surface area contributed by atoms with E-state index in [4.69, 9.17) is 21.1 Å². The Morgan fingerprint density at radius 2 is 1.90 bits per heavy atom. The maximum absolute atomic E-state index is 12.5.